The first kappa shape index (κ1) is 15.1. The molecule has 2 aromatic heterocycles. The van der Waals surface area contributed by atoms with Crippen LogP contribution in [0.1, 0.15) is 17.0 Å². The van der Waals surface area contributed by atoms with Gasteiger partial charge in [-0.15, -0.1) is 10.2 Å². The molecule has 26 heavy (non-hydrogen) atoms. The second-order valence-corrected chi connectivity index (χ2v) is 6.93. The molecule has 5 rings (SSSR count). The van der Waals surface area contributed by atoms with E-state index in [1.807, 2.05) is 54.6 Å². The molecule has 0 fully saturated rings. The molecule has 0 spiro atoms. The van der Waals surface area contributed by atoms with Gasteiger partial charge in [0.1, 0.15) is 5.82 Å². The van der Waals surface area contributed by atoms with Crippen molar-refractivity contribution >= 4 is 22.4 Å². The lowest BCUT2D eigenvalue weighted by atomic mass is 10.1. The van der Waals surface area contributed by atoms with E-state index in [4.69, 9.17) is 9.47 Å². The molecule has 0 N–H and O–H groups in total. The van der Waals surface area contributed by atoms with Crippen LogP contribution in [0.3, 0.4) is 0 Å². The second kappa shape index (κ2) is 5.96. The van der Waals surface area contributed by atoms with Gasteiger partial charge in [-0.1, -0.05) is 47.7 Å². The Kier molecular flexibility index (Phi) is 3.46. The summed E-state index contributed by atoms with van der Waals surface area (Å²) in [5.74, 6) is 2.07. The minimum absolute atomic E-state index is 0.0985. The lowest BCUT2D eigenvalue weighted by Gasteiger charge is -1.97. The van der Waals surface area contributed by atoms with E-state index in [9.17, 15) is 4.79 Å². The van der Waals surface area contributed by atoms with Crippen LogP contribution >= 0.6 is 11.3 Å². The minimum Gasteiger partial charge on any atom is -0.454 e. The van der Waals surface area contributed by atoms with Gasteiger partial charge in [0.15, 0.2) is 11.5 Å². The standard InChI is InChI=1S/C19H13N3O3S/c23-18-16(9-13-6-7-14-15(8-13)25-11-24-14)26-19-21-20-17(22(18)19)10-12-4-2-1-3-5-12/h1-9H,10-11H2/b16-9-. The van der Waals surface area contributed by atoms with E-state index in [0.717, 1.165) is 16.9 Å². The lowest BCUT2D eigenvalue weighted by Crippen LogP contribution is -2.24. The Bertz CT molecular complexity index is 1210. The molecule has 0 saturated carbocycles. The van der Waals surface area contributed by atoms with Crippen LogP contribution in [0.4, 0.5) is 0 Å². The van der Waals surface area contributed by atoms with Gasteiger partial charge in [-0.3, -0.25) is 4.79 Å². The quantitative estimate of drug-likeness (QED) is 0.557. The summed E-state index contributed by atoms with van der Waals surface area (Å²) in [5.41, 5.74) is 1.88. The van der Waals surface area contributed by atoms with Crippen LogP contribution in [0.25, 0.3) is 11.0 Å². The van der Waals surface area contributed by atoms with Crippen molar-refractivity contribution in [3.05, 3.63) is 80.4 Å². The summed E-state index contributed by atoms with van der Waals surface area (Å²) in [7, 11) is 0. The van der Waals surface area contributed by atoms with Gasteiger partial charge >= 0.3 is 0 Å². The number of hydrogen-bond donors (Lipinski definition) is 0. The number of nitrogens with zero attached hydrogens (tertiary/aromatic N) is 3. The number of hydrogen-bond acceptors (Lipinski definition) is 6. The fourth-order valence-corrected chi connectivity index (χ4v) is 3.89. The van der Waals surface area contributed by atoms with Gasteiger partial charge in [-0.25, -0.2) is 4.40 Å². The normalized spacial score (nSPS) is 13.6. The third-order valence-corrected chi connectivity index (χ3v) is 5.17. The summed E-state index contributed by atoms with van der Waals surface area (Å²) in [5, 5.41) is 8.34. The van der Waals surface area contributed by atoms with Gasteiger partial charge in [-0.2, -0.15) is 0 Å². The van der Waals surface area contributed by atoms with Crippen LogP contribution in [0.5, 0.6) is 11.5 Å². The smallest absolute Gasteiger partial charge is 0.275 e. The van der Waals surface area contributed by atoms with Gasteiger partial charge in [0.2, 0.25) is 11.8 Å². The molecule has 1 aliphatic heterocycles. The molecule has 0 saturated heterocycles. The molecule has 0 amide bonds. The predicted molar refractivity (Wildman–Crippen MR) is 97.7 cm³/mol. The molecule has 1 aliphatic rings. The first-order valence-corrected chi connectivity index (χ1v) is 8.92. The van der Waals surface area contributed by atoms with Gasteiger partial charge in [0.25, 0.3) is 5.56 Å². The first-order valence-electron chi connectivity index (χ1n) is 8.10. The van der Waals surface area contributed by atoms with E-state index in [2.05, 4.69) is 10.2 Å². The Balaban J connectivity index is 1.57. The molecule has 0 aliphatic carbocycles. The summed E-state index contributed by atoms with van der Waals surface area (Å²) in [6.07, 6.45) is 2.41. The highest BCUT2D eigenvalue weighted by Crippen LogP contribution is 2.32. The van der Waals surface area contributed by atoms with Crippen molar-refractivity contribution in [2.24, 2.45) is 0 Å². The zero-order valence-electron chi connectivity index (χ0n) is 13.6. The van der Waals surface area contributed by atoms with E-state index in [1.54, 1.807) is 4.40 Å². The van der Waals surface area contributed by atoms with Crippen molar-refractivity contribution < 1.29 is 9.47 Å². The largest absolute Gasteiger partial charge is 0.454 e. The van der Waals surface area contributed by atoms with E-state index in [1.165, 1.54) is 11.3 Å². The molecule has 0 unspecified atom stereocenters. The zero-order chi connectivity index (χ0) is 17.5. The molecular formula is C19H13N3O3S. The molecule has 4 aromatic rings. The molecule has 6 nitrogen and oxygen atoms in total. The molecule has 0 atom stereocenters. The maximum atomic E-state index is 12.8. The van der Waals surface area contributed by atoms with E-state index < -0.39 is 0 Å². The maximum Gasteiger partial charge on any atom is 0.275 e. The number of fused-ring (bicyclic) bond motifs is 2. The van der Waals surface area contributed by atoms with Gasteiger partial charge in [0, 0.05) is 6.42 Å². The van der Waals surface area contributed by atoms with Crippen molar-refractivity contribution in [2.75, 3.05) is 6.79 Å². The summed E-state index contributed by atoms with van der Waals surface area (Å²) in [6.45, 7) is 0.229. The highest BCUT2D eigenvalue weighted by molar-refractivity contribution is 7.15. The number of aromatic nitrogens is 3. The molecule has 128 valence electrons. The minimum atomic E-state index is -0.0985. The maximum absolute atomic E-state index is 12.8. The van der Waals surface area contributed by atoms with Crippen molar-refractivity contribution in [1.29, 1.82) is 0 Å². The van der Waals surface area contributed by atoms with Crippen molar-refractivity contribution in [3.63, 3.8) is 0 Å². The van der Waals surface area contributed by atoms with Gasteiger partial charge in [0.05, 0.1) is 4.53 Å². The Morgan fingerprint density at radius 3 is 2.81 bits per heavy atom. The molecule has 2 aromatic carbocycles. The fourth-order valence-electron chi connectivity index (χ4n) is 2.96. The zero-order valence-corrected chi connectivity index (χ0v) is 14.4. The van der Waals surface area contributed by atoms with E-state index in [-0.39, 0.29) is 12.4 Å². The SMILES string of the molecule is O=c1/c(=C/c2ccc3c(c2)OCO3)sc2nnc(Cc3ccccc3)n12. The van der Waals surface area contributed by atoms with Crippen LogP contribution < -0.4 is 19.6 Å². The number of rotatable bonds is 3. The summed E-state index contributed by atoms with van der Waals surface area (Å²) in [6, 6.07) is 15.5. The topological polar surface area (TPSA) is 65.7 Å². The summed E-state index contributed by atoms with van der Waals surface area (Å²) < 4.78 is 12.9. The van der Waals surface area contributed by atoms with E-state index >= 15 is 0 Å². The van der Waals surface area contributed by atoms with E-state index in [0.29, 0.717) is 27.5 Å². The van der Waals surface area contributed by atoms with Crippen molar-refractivity contribution in [3.8, 4) is 11.5 Å². The van der Waals surface area contributed by atoms with Crippen LogP contribution in [-0.2, 0) is 6.42 Å². The number of benzene rings is 2. The molecule has 0 bridgehead atoms. The number of ether oxygens (including phenoxy) is 2. The molecule has 0 radical (unpaired) electrons. The average molecular weight is 363 g/mol. The highest BCUT2D eigenvalue weighted by atomic mass is 32.1. The number of thiazole rings is 1. The molecule has 3 heterocycles. The Morgan fingerprint density at radius 2 is 1.92 bits per heavy atom. The first-order chi connectivity index (χ1) is 12.8. The monoisotopic (exact) mass is 363 g/mol. The van der Waals surface area contributed by atoms with Crippen LogP contribution in [0.2, 0.25) is 0 Å². The second-order valence-electron chi connectivity index (χ2n) is 5.93. The summed E-state index contributed by atoms with van der Waals surface area (Å²) in [4.78, 5) is 13.4. The van der Waals surface area contributed by atoms with Crippen LogP contribution in [0.15, 0.2) is 53.3 Å². The van der Waals surface area contributed by atoms with Gasteiger partial charge < -0.3 is 9.47 Å². The third-order valence-electron chi connectivity index (χ3n) is 4.21. The Hall–Kier alpha value is -3.19. The van der Waals surface area contributed by atoms with Crippen molar-refractivity contribution in [2.45, 2.75) is 6.42 Å². The Morgan fingerprint density at radius 1 is 1.08 bits per heavy atom. The lowest BCUT2D eigenvalue weighted by molar-refractivity contribution is 0.174. The average Bonchev–Trinajstić information content (AvgIpc) is 3.35. The summed E-state index contributed by atoms with van der Waals surface area (Å²) >= 11 is 1.33. The van der Waals surface area contributed by atoms with Crippen LogP contribution in [0, 0.1) is 0 Å². The van der Waals surface area contributed by atoms with Crippen LogP contribution in [-0.4, -0.2) is 21.4 Å². The Labute approximate surface area is 151 Å². The molecule has 7 heteroatoms. The third kappa shape index (κ3) is 2.53. The predicted octanol–water partition coefficient (Wildman–Crippen LogP) is 2.02. The van der Waals surface area contributed by atoms with Crippen molar-refractivity contribution in [1.82, 2.24) is 14.6 Å². The molecular weight excluding hydrogens is 350 g/mol. The fraction of sp³-hybridized carbons (Fsp3) is 0.105. The van der Waals surface area contributed by atoms with Gasteiger partial charge in [-0.05, 0) is 29.3 Å². The highest BCUT2D eigenvalue weighted by Gasteiger charge is 2.15.